The molecule has 0 aliphatic carbocycles. The number of rotatable bonds is 5. The molecular formula is C13H20ClN3O. The fraction of sp³-hybridized carbons (Fsp3) is 0.538. The van der Waals surface area contributed by atoms with Crippen molar-refractivity contribution in [2.45, 2.75) is 39.7 Å². The molecule has 0 aromatic carbocycles. The summed E-state index contributed by atoms with van der Waals surface area (Å²) in [5.74, 6) is 0.590. The van der Waals surface area contributed by atoms with E-state index in [1.807, 2.05) is 6.92 Å². The Hall–Kier alpha value is -1.29. The lowest BCUT2D eigenvalue weighted by atomic mass is 10.0. The number of nitrogens with two attached hydrogens (primary N) is 1. The second-order valence-corrected chi connectivity index (χ2v) is 5.10. The molecule has 100 valence electrons. The number of amides is 1. The van der Waals surface area contributed by atoms with Crippen molar-refractivity contribution in [3.8, 4) is 0 Å². The molecule has 1 rings (SSSR count). The molecule has 0 bridgehead atoms. The van der Waals surface area contributed by atoms with Gasteiger partial charge < -0.3 is 11.1 Å². The lowest BCUT2D eigenvalue weighted by Crippen LogP contribution is -2.34. The van der Waals surface area contributed by atoms with Gasteiger partial charge in [0.25, 0.3) is 5.91 Å². The number of nitrogens with zero attached hydrogens (tertiary/aromatic N) is 1. The molecule has 0 aliphatic heterocycles. The molecule has 18 heavy (non-hydrogen) atoms. The third-order valence-electron chi connectivity index (χ3n) is 2.91. The fourth-order valence-electron chi connectivity index (χ4n) is 1.74. The monoisotopic (exact) mass is 269 g/mol. The Bertz CT molecular complexity index is 423. The first-order chi connectivity index (χ1) is 8.43. The maximum Gasteiger partial charge on any atom is 0.271 e. The van der Waals surface area contributed by atoms with E-state index in [2.05, 4.69) is 24.1 Å². The molecule has 0 spiro atoms. The van der Waals surface area contributed by atoms with Crippen molar-refractivity contribution in [2.75, 3.05) is 5.73 Å². The van der Waals surface area contributed by atoms with Crippen LogP contribution < -0.4 is 11.1 Å². The van der Waals surface area contributed by atoms with E-state index in [0.29, 0.717) is 16.8 Å². The van der Waals surface area contributed by atoms with Gasteiger partial charge in [0.15, 0.2) is 0 Å². The number of halogens is 1. The van der Waals surface area contributed by atoms with Gasteiger partial charge in [-0.2, -0.15) is 0 Å². The maximum absolute atomic E-state index is 12.0. The van der Waals surface area contributed by atoms with Crippen molar-refractivity contribution in [3.05, 3.63) is 22.8 Å². The lowest BCUT2D eigenvalue weighted by molar-refractivity contribution is 0.0930. The van der Waals surface area contributed by atoms with Gasteiger partial charge in [-0.05, 0) is 31.4 Å². The van der Waals surface area contributed by atoms with Crippen LogP contribution in [-0.4, -0.2) is 16.9 Å². The molecule has 1 heterocycles. The smallest absolute Gasteiger partial charge is 0.271 e. The number of aromatic nitrogens is 1. The zero-order valence-corrected chi connectivity index (χ0v) is 11.8. The Morgan fingerprint density at radius 3 is 2.78 bits per heavy atom. The number of hydrogen-bond donors (Lipinski definition) is 2. The number of carbonyl (C=O) groups is 1. The highest BCUT2D eigenvalue weighted by atomic mass is 35.5. The first kappa shape index (κ1) is 14.8. The van der Waals surface area contributed by atoms with E-state index < -0.39 is 0 Å². The van der Waals surface area contributed by atoms with Crippen LogP contribution in [0.15, 0.2) is 12.1 Å². The quantitative estimate of drug-likeness (QED) is 0.864. The molecule has 1 aromatic heterocycles. The van der Waals surface area contributed by atoms with Crippen molar-refractivity contribution in [1.29, 1.82) is 0 Å². The van der Waals surface area contributed by atoms with Crippen LogP contribution in [0.3, 0.4) is 0 Å². The number of anilines is 1. The van der Waals surface area contributed by atoms with E-state index in [0.717, 1.165) is 12.8 Å². The van der Waals surface area contributed by atoms with Crippen LogP contribution in [0.25, 0.3) is 0 Å². The summed E-state index contributed by atoms with van der Waals surface area (Å²) in [5, 5.41) is 3.21. The Labute approximate surface area is 113 Å². The van der Waals surface area contributed by atoms with E-state index in [1.165, 1.54) is 0 Å². The fourth-order valence-corrected chi connectivity index (χ4v) is 1.93. The van der Waals surface area contributed by atoms with Crippen molar-refractivity contribution < 1.29 is 4.79 Å². The van der Waals surface area contributed by atoms with Crippen molar-refractivity contribution >= 4 is 23.3 Å². The number of hydrogen-bond acceptors (Lipinski definition) is 3. The molecule has 0 radical (unpaired) electrons. The summed E-state index contributed by atoms with van der Waals surface area (Å²) in [6.07, 6.45) is 2.03. The highest BCUT2D eigenvalue weighted by Gasteiger charge is 2.16. The predicted molar refractivity (Wildman–Crippen MR) is 74.7 cm³/mol. The molecule has 1 amide bonds. The van der Waals surface area contributed by atoms with Crippen LogP contribution in [0.2, 0.25) is 5.02 Å². The highest BCUT2D eigenvalue weighted by molar-refractivity contribution is 6.33. The van der Waals surface area contributed by atoms with Crippen LogP contribution in [0.4, 0.5) is 5.82 Å². The molecule has 0 fully saturated rings. The van der Waals surface area contributed by atoms with Gasteiger partial charge in [0, 0.05) is 6.04 Å². The van der Waals surface area contributed by atoms with Crippen molar-refractivity contribution in [3.63, 3.8) is 0 Å². The second-order valence-electron chi connectivity index (χ2n) is 4.69. The summed E-state index contributed by atoms with van der Waals surface area (Å²) < 4.78 is 0. The zero-order chi connectivity index (χ0) is 13.7. The minimum Gasteiger partial charge on any atom is -0.384 e. The van der Waals surface area contributed by atoms with E-state index in [9.17, 15) is 4.79 Å². The lowest BCUT2D eigenvalue weighted by Gasteiger charge is -2.17. The van der Waals surface area contributed by atoms with E-state index in [4.69, 9.17) is 17.3 Å². The normalized spacial score (nSPS) is 14.0. The topological polar surface area (TPSA) is 68.0 Å². The standard InChI is InChI=1S/C13H20ClN3O/c1-4-8(2)7-9(3)16-13(18)12-10(14)5-6-11(15)17-12/h5-6,8-9H,4,7H2,1-3H3,(H2,15,17)(H,16,18). The minimum atomic E-state index is -0.275. The summed E-state index contributed by atoms with van der Waals surface area (Å²) in [4.78, 5) is 15.9. The first-order valence-corrected chi connectivity index (χ1v) is 6.54. The molecule has 3 N–H and O–H groups in total. The van der Waals surface area contributed by atoms with Crippen molar-refractivity contribution in [2.24, 2.45) is 5.92 Å². The average molecular weight is 270 g/mol. The highest BCUT2D eigenvalue weighted by Crippen LogP contribution is 2.16. The Morgan fingerprint density at radius 1 is 1.50 bits per heavy atom. The maximum atomic E-state index is 12.0. The molecule has 5 heteroatoms. The molecule has 2 atom stereocenters. The van der Waals surface area contributed by atoms with Crippen LogP contribution in [0, 0.1) is 5.92 Å². The summed E-state index contributed by atoms with van der Waals surface area (Å²) in [6.45, 7) is 6.27. The Morgan fingerprint density at radius 2 is 2.17 bits per heavy atom. The summed E-state index contributed by atoms with van der Waals surface area (Å²) >= 11 is 5.93. The van der Waals surface area contributed by atoms with Gasteiger partial charge in [0.2, 0.25) is 0 Å². The third kappa shape index (κ3) is 4.18. The largest absolute Gasteiger partial charge is 0.384 e. The number of nitrogen functional groups attached to an aromatic ring is 1. The molecular weight excluding hydrogens is 250 g/mol. The van der Waals surface area contributed by atoms with Gasteiger partial charge in [-0.3, -0.25) is 4.79 Å². The zero-order valence-electron chi connectivity index (χ0n) is 11.0. The minimum absolute atomic E-state index is 0.0896. The summed E-state index contributed by atoms with van der Waals surface area (Å²) in [5.41, 5.74) is 5.74. The summed E-state index contributed by atoms with van der Waals surface area (Å²) in [7, 11) is 0. The number of pyridine rings is 1. The van der Waals surface area contributed by atoms with Crippen LogP contribution in [0.5, 0.6) is 0 Å². The average Bonchev–Trinajstić information content (AvgIpc) is 2.31. The van der Waals surface area contributed by atoms with Gasteiger partial charge in [0.1, 0.15) is 11.5 Å². The van der Waals surface area contributed by atoms with E-state index in [-0.39, 0.29) is 17.6 Å². The molecule has 1 aromatic rings. The van der Waals surface area contributed by atoms with Gasteiger partial charge in [-0.15, -0.1) is 0 Å². The number of carbonyl (C=O) groups excluding carboxylic acids is 1. The summed E-state index contributed by atoms with van der Waals surface area (Å²) in [6, 6.07) is 3.24. The van der Waals surface area contributed by atoms with E-state index in [1.54, 1.807) is 12.1 Å². The predicted octanol–water partition coefficient (Wildman–Crippen LogP) is 2.87. The molecule has 0 saturated carbocycles. The molecule has 0 saturated heterocycles. The van der Waals surface area contributed by atoms with E-state index >= 15 is 0 Å². The molecule has 2 unspecified atom stereocenters. The molecule has 4 nitrogen and oxygen atoms in total. The Balaban J connectivity index is 2.67. The molecule has 0 aliphatic rings. The second kappa shape index (κ2) is 6.59. The van der Waals surface area contributed by atoms with Gasteiger partial charge >= 0.3 is 0 Å². The van der Waals surface area contributed by atoms with Crippen molar-refractivity contribution in [1.82, 2.24) is 10.3 Å². The SMILES string of the molecule is CCC(C)CC(C)NC(=O)c1nc(N)ccc1Cl. The van der Waals surface area contributed by atoms with Gasteiger partial charge in [0.05, 0.1) is 5.02 Å². The van der Waals surface area contributed by atoms with Gasteiger partial charge in [-0.25, -0.2) is 4.98 Å². The van der Waals surface area contributed by atoms with Crippen LogP contribution in [0.1, 0.15) is 44.1 Å². The Kier molecular flexibility index (Phi) is 5.41. The number of nitrogens with one attached hydrogen (secondary N) is 1. The van der Waals surface area contributed by atoms with Crippen LogP contribution in [-0.2, 0) is 0 Å². The van der Waals surface area contributed by atoms with Gasteiger partial charge in [-0.1, -0.05) is 31.9 Å². The van der Waals surface area contributed by atoms with Crippen LogP contribution >= 0.6 is 11.6 Å². The third-order valence-corrected chi connectivity index (χ3v) is 3.22. The first-order valence-electron chi connectivity index (χ1n) is 6.16.